The molecule has 0 aliphatic carbocycles. The van der Waals surface area contributed by atoms with Gasteiger partial charge in [-0.25, -0.2) is 0 Å². The summed E-state index contributed by atoms with van der Waals surface area (Å²) in [4.78, 5) is 16.6. The largest absolute Gasteiger partial charge is 0.353 e. The minimum absolute atomic E-state index is 0.0461. The molecule has 0 saturated carbocycles. The number of benzene rings is 1. The van der Waals surface area contributed by atoms with Gasteiger partial charge in [-0.1, -0.05) is 50.2 Å². The lowest BCUT2D eigenvalue weighted by Gasteiger charge is -2.30. The van der Waals surface area contributed by atoms with Crippen LogP contribution in [0.25, 0.3) is 11.4 Å². The first-order chi connectivity index (χ1) is 12.5. The number of aromatic nitrogens is 2. The van der Waals surface area contributed by atoms with Crippen molar-refractivity contribution in [2.45, 2.75) is 52.0 Å². The van der Waals surface area contributed by atoms with Gasteiger partial charge in [0.1, 0.15) is 0 Å². The molecule has 140 valence electrons. The fourth-order valence-corrected chi connectivity index (χ4v) is 3.22. The van der Waals surface area contributed by atoms with E-state index in [1.54, 1.807) is 0 Å². The summed E-state index contributed by atoms with van der Waals surface area (Å²) in [6.45, 7) is 8.39. The maximum absolute atomic E-state index is 12.2. The van der Waals surface area contributed by atoms with E-state index in [2.05, 4.69) is 53.7 Å². The maximum atomic E-state index is 12.2. The molecule has 3 rings (SSSR count). The van der Waals surface area contributed by atoms with Crippen LogP contribution in [0.4, 0.5) is 0 Å². The zero-order valence-corrected chi connectivity index (χ0v) is 15.8. The summed E-state index contributed by atoms with van der Waals surface area (Å²) in [5.74, 6) is 2.07. The van der Waals surface area contributed by atoms with Crippen LogP contribution in [0.2, 0.25) is 0 Å². The summed E-state index contributed by atoms with van der Waals surface area (Å²) in [5, 5.41) is 10.5. The van der Waals surface area contributed by atoms with Crippen molar-refractivity contribution in [1.29, 1.82) is 0 Å². The van der Waals surface area contributed by atoms with Gasteiger partial charge in [0.05, 0.1) is 0 Å². The van der Waals surface area contributed by atoms with Crippen molar-refractivity contribution in [2.24, 2.45) is 5.92 Å². The Morgan fingerprint density at radius 3 is 2.81 bits per heavy atom. The number of hydrogen-bond acceptors (Lipinski definition) is 5. The highest BCUT2D eigenvalue weighted by atomic mass is 16.5. The van der Waals surface area contributed by atoms with E-state index in [1.165, 1.54) is 5.56 Å². The number of hydrogen-bond donors (Lipinski definition) is 2. The minimum Gasteiger partial charge on any atom is -0.353 e. The van der Waals surface area contributed by atoms with Crippen molar-refractivity contribution in [3.63, 3.8) is 0 Å². The van der Waals surface area contributed by atoms with Crippen molar-refractivity contribution in [3.05, 3.63) is 35.7 Å². The summed E-state index contributed by atoms with van der Waals surface area (Å²) in [6.07, 6.45) is 1.80. The van der Waals surface area contributed by atoms with Crippen LogP contribution in [-0.2, 0) is 11.2 Å². The number of aryl methyl sites for hydroxylation is 1. The molecule has 0 spiro atoms. The number of nitrogens with one attached hydrogen (secondary N) is 2. The highest BCUT2D eigenvalue weighted by Gasteiger charge is 2.22. The molecule has 0 radical (unpaired) electrons. The third-order valence-corrected chi connectivity index (χ3v) is 5.00. The maximum Gasteiger partial charge on any atom is 0.227 e. The van der Waals surface area contributed by atoms with Gasteiger partial charge in [0, 0.05) is 24.4 Å². The molecule has 1 fully saturated rings. The van der Waals surface area contributed by atoms with Gasteiger partial charge < -0.3 is 15.2 Å². The Bertz CT molecular complexity index is 724. The molecule has 1 saturated heterocycles. The summed E-state index contributed by atoms with van der Waals surface area (Å²) in [5.41, 5.74) is 2.21. The number of carbonyl (C=O) groups excluding carboxylic acids is 1. The van der Waals surface area contributed by atoms with Crippen LogP contribution in [0.15, 0.2) is 28.8 Å². The molecule has 0 bridgehead atoms. The van der Waals surface area contributed by atoms with Gasteiger partial charge in [0.2, 0.25) is 17.6 Å². The summed E-state index contributed by atoms with van der Waals surface area (Å²) in [6, 6.07) is 8.44. The van der Waals surface area contributed by atoms with Gasteiger partial charge in [-0.05, 0) is 36.9 Å². The monoisotopic (exact) mass is 356 g/mol. The molecule has 2 heterocycles. The molecule has 2 unspecified atom stereocenters. The van der Waals surface area contributed by atoms with Crippen molar-refractivity contribution in [1.82, 2.24) is 20.8 Å². The zero-order valence-electron chi connectivity index (χ0n) is 15.8. The first kappa shape index (κ1) is 18.6. The van der Waals surface area contributed by atoms with Crippen LogP contribution in [0.1, 0.15) is 51.0 Å². The highest BCUT2D eigenvalue weighted by molar-refractivity contribution is 5.76. The molecule has 6 nitrogen and oxygen atoms in total. The highest BCUT2D eigenvalue weighted by Crippen LogP contribution is 2.20. The van der Waals surface area contributed by atoms with E-state index in [4.69, 9.17) is 4.52 Å². The van der Waals surface area contributed by atoms with Gasteiger partial charge >= 0.3 is 0 Å². The zero-order chi connectivity index (χ0) is 18.5. The average molecular weight is 356 g/mol. The molecule has 2 aromatic rings. The van der Waals surface area contributed by atoms with E-state index in [-0.39, 0.29) is 11.9 Å². The van der Waals surface area contributed by atoms with E-state index in [1.807, 2.05) is 12.1 Å². The topological polar surface area (TPSA) is 80.0 Å². The SMILES string of the molecule is CC(C)c1ccc(-c2noc(CCC(=O)NC3CCNCC3C)n2)cc1. The van der Waals surface area contributed by atoms with Gasteiger partial charge in [0.25, 0.3) is 0 Å². The molecule has 2 N–H and O–H groups in total. The van der Waals surface area contributed by atoms with Crippen LogP contribution < -0.4 is 10.6 Å². The van der Waals surface area contributed by atoms with Crippen LogP contribution in [-0.4, -0.2) is 35.2 Å². The predicted octanol–water partition coefficient (Wildman–Crippen LogP) is 2.91. The lowest BCUT2D eigenvalue weighted by atomic mass is 9.95. The average Bonchev–Trinajstić information content (AvgIpc) is 3.11. The second-order valence-electron chi connectivity index (χ2n) is 7.43. The Hall–Kier alpha value is -2.21. The normalized spacial score (nSPS) is 20.3. The fraction of sp³-hybridized carbons (Fsp3) is 0.550. The number of carbonyl (C=O) groups is 1. The summed E-state index contributed by atoms with van der Waals surface area (Å²) < 4.78 is 5.31. The molecule has 1 aromatic carbocycles. The number of rotatable bonds is 6. The molecule has 1 aliphatic heterocycles. The van der Waals surface area contributed by atoms with Gasteiger partial charge in [-0.3, -0.25) is 4.79 Å². The second-order valence-corrected chi connectivity index (χ2v) is 7.43. The Kier molecular flexibility index (Phi) is 6.04. The standard InChI is InChI=1S/C20H28N4O2/c1-13(2)15-4-6-16(7-5-15)20-23-19(26-24-20)9-8-18(25)22-17-10-11-21-12-14(17)3/h4-7,13-14,17,21H,8-12H2,1-3H3,(H,22,25). The van der Waals surface area contributed by atoms with Crippen molar-refractivity contribution in [3.8, 4) is 11.4 Å². The number of amides is 1. The van der Waals surface area contributed by atoms with Crippen LogP contribution in [0.3, 0.4) is 0 Å². The van der Waals surface area contributed by atoms with E-state index in [0.717, 1.165) is 25.1 Å². The van der Waals surface area contributed by atoms with Gasteiger partial charge in [-0.2, -0.15) is 4.98 Å². The minimum atomic E-state index is 0.0461. The van der Waals surface area contributed by atoms with Crippen molar-refractivity contribution in [2.75, 3.05) is 13.1 Å². The Morgan fingerprint density at radius 1 is 1.35 bits per heavy atom. The van der Waals surface area contributed by atoms with Crippen LogP contribution in [0, 0.1) is 5.92 Å². The number of nitrogens with zero attached hydrogens (tertiary/aromatic N) is 2. The van der Waals surface area contributed by atoms with E-state index in [9.17, 15) is 4.79 Å². The fourth-order valence-electron chi connectivity index (χ4n) is 3.22. The van der Waals surface area contributed by atoms with Crippen LogP contribution in [0.5, 0.6) is 0 Å². The summed E-state index contributed by atoms with van der Waals surface area (Å²) >= 11 is 0. The number of piperidine rings is 1. The third-order valence-electron chi connectivity index (χ3n) is 5.00. The van der Waals surface area contributed by atoms with Crippen molar-refractivity contribution >= 4 is 5.91 Å². The van der Waals surface area contributed by atoms with E-state index >= 15 is 0 Å². The lowest BCUT2D eigenvalue weighted by Crippen LogP contribution is -2.48. The molecular formula is C20H28N4O2. The molecule has 26 heavy (non-hydrogen) atoms. The first-order valence-corrected chi connectivity index (χ1v) is 9.46. The molecule has 1 aromatic heterocycles. The van der Waals surface area contributed by atoms with Gasteiger partial charge in [-0.15, -0.1) is 0 Å². The quantitative estimate of drug-likeness (QED) is 0.832. The Morgan fingerprint density at radius 2 is 2.12 bits per heavy atom. The molecule has 2 atom stereocenters. The van der Waals surface area contributed by atoms with Crippen molar-refractivity contribution < 1.29 is 9.32 Å². The lowest BCUT2D eigenvalue weighted by molar-refractivity contribution is -0.122. The Labute approximate surface area is 154 Å². The van der Waals surface area contributed by atoms with Gasteiger partial charge in [0.15, 0.2) is 0 Å². The molecule has 1 aliphatic rings. The first-order valence-electron chi connectivity index (χ1n) is 9.46. The summed E-state index contributed by atoms with van der Waals surface area (Å²) in [7, 11) is 0. The molecule has 6 heteroatoms. The van der Waals surface area contributed by atoms with Crippen LogP contribution >= 0.6 is 0 Å². The molecule has 1 amide bonds. The van der Waals surface area contributed by atoms with E-state index < -0.39 is 0 Å². The predicted molar refractivity (Wildman–Crippen MR) is 101 cm³/mol. The third kappa shape index (κ3) is 4.69. The smallest absolute Gasteiger partial charge is 0.227 e. The second kappa shape index (κ2) is 8.45. The molecular weight excluding hydrogens is 328 g/mol. The Balaban J connectivity index is 1.52. The van der Waals surface area contributed by atoms with E-state index in [0.29, 0.717) is 36.4 Å².